The van der Waals surface area contributed by atoms with Crippen molar-refractivity contribution in [2.24, 2.45) is 12.0 Å². The molecule has 0 unspecified atom stereocenters. The van der Waals surface area contributed by atoms with Gasteiger partial charge < -0.3 is 4.57 Å². The summed E-state index contributed by atoms with van der Waals surface area (Å²) in [6.07, 6.45) is 0.924. The molecule has 2 heterocycles. The average molecular weight is 405 g/mol. The monoisotopic (exact) mass is 404 g/mol. The van der Waals surface area contributed by atoms with Crippen LogP contribution in [0.5, 0.6) is 0 Å². The topological polar surface area (TPSA) is 44.2 Å². The Morgan fingerprint density at radius 2 is 1.62 bits per heavy atom. The van der Waals surface area contributed by atoms with Gasteiger partial charge in [-0.25, -0.2) is 9.67 Å². The number of nitrogens with zero attached hydrogens (tertiary/aromatic N) is 4. The Morgan fingerprint density at radius 1 is 0.966 bits per heavy atom. The zero-order valence-corrected chi connectivity index (χ0v) is 17.7. The molecule has 29 heavy (non-hydrogen) atoms. The van der Waals surface area contributed by atoms with Crippen molar-refractivity contribution in [3.63, 3.8) is 0 Å². The smallest absolute Gasteiger partial charge is 0.297 e. The van der Waals surface area contributed by atoms with E-state index in [9.17, 15) is 4.79 Å². The van der Waals surface area contributed by atoms with Crippen LogP contribution in [-0.4, -0.2) is 13.9 Å². The molecule has 0 amide bonds. The van der Waals surface area contributed by atoms with Crippen LogP contribution in [0.25, 0.3) is 5.69 Å². The molecule has 6 heteroatoms. The van der Waals surface area contributed by atoms with E-state index in [4.69, 9.17) is 4.99 Å². The van der Waals surface area contributed by atoms with E-state index in [1.54, 1.807) is 16.0 Å². The lowest BCUT2D eigenvalue weighted by atomic mass is 10.1. The molecule has 0 bridgehead atoms. The average Bonchev–Trinajstić information content (AvgIpc) is 3.20. The van der Waals surface area contributed by atoms with Crippen molar-refractivity contribution < 1.29 is 0 Å². The highest BCUT2D eigenvalue weighted by molar-refractivity contribution is 7.07. The van der Waals surface area contributed by atoms with E-state index in [-0.39, 0.29) is 5.56 Å². The number of benzene rings is 2. The first kappa shape index (κ1) is 19.2. The maximum atomic E-state index is 13.2. The Hall–Kier alpha value is -3.12. The number of hydrogen-bond acceptors (Lipinski definition) is 3. The second kappa shape index (κ2) is 8.09. The predicted octanol–water partition coefficient (Wildman–Crippen LogP) is 4.13. The molecule has 0 aliphatic carbocycles. The molecule has 2 aromatic heterocycles. The summed E-state index contributed by atoms with van der Waals surface area (Å²) in [6, 6.07) is 20.1. The van der Waals surface area contributed by atoms with Gasteiger partial charge in [-0.15, -0.1) is 11.3 Å². The number of rotatable bonds is 5. The minimum Gasteiger partial charge on any atom is -0.321 e. The molecule has 0 atom stereocenters. The molecule has 4 aromatic rings. The van der Waals surface area contributed by atoms with E-state index in [1.807, 2.05) is 55.1 Å². The fourth-order valence-electron chi connectivity index (χ4n) is 3.44. The highest BCUT2D eigenvalue weighted by atomic mass is 32.1. The first-order chi connectivity index (χ1) is 14.1. The molecular weight excluding hydrogens is 380 g/mol. The highest BCUT2D eigenvalue weighted by Crippen LogP contribution is 2.16. The Balaban J connectivity index is 1.75. The van der Waals surface area contributed by atoms with Crippen molar-refractivity contribution in [2.75, 3.05) is 0 Å². The molecule has 0 aliphatic heterocycles. The van der Waals surface area contributed by atoms with Gasteiger partial charge in [0.25, 0.3) is 5.56 Å². The quantitative estimate of drug-likeness (QED) is 0.493. The van der Waals surface area contributed by atoms with Gasteiger partial charge in [0, 0.05) is 24.7 Å². The lowest BCUT2D eigenvalue weighted by Gasteiger charge is -2.07. The van der Waals surface area contributed by atoms with Gasteiger partial charge >= 0.3 is 0 Å². The van der Waals surface area contributed by atoms with Crippen molar-refractivity contribution >= 4 is 17.0 Å². The number of para-hydroxylation sites is 1. The predicted molar refractivity (Wildman–Crippen MR) is 118 cm³/mol. The van der Waals surface area contributed by atoms with Gasteiger partial charge in [-0.2, -0.15) is 0 Å². The lowest BCUT2D eigenvalue weighted by Crippen LogP contribution is -2.20. The second-order valence-corrected chi connectivity index (χ2v) is 7.91. The van der Waals surface area contributed by atoms with Crippen molar-refractivity contribution in [2.45, 2.75) is 26.8 Å². The molecule has 5 nitrogen and oxygen atoms in total. The summed E-state index contributed by atoms with van der Waals surface area (Å²) in [7, 11) is 1.89. The molecule has 0 spiro atoms. The van der Waals surface area contributed by atoms with Gasteiger partial charge in [-0.3, -0.25) is 9.48 Å². The van der Waals surface area contributed by atoms with Crippen LogP contribution < -0.4 is 10.4 Å². The zero-order valence-electron chi connectivity index (χ0n) is 16.9. The molecule has 148 valence electrons. The lowest BCUT2D eigenvalue weighted by molar-refractivity contribution is 0.630. The van der Waals surface area contributed by atoms with Crippen LogP contribution >= 0.6 is 11.3 Å². The Morgan fingerprint density at radius 3 is 2.31 bits per heavy atom. The number of aromatic nitrogens is 3. The summed E-state index contributed by atoms with van der Waals surface area (Å²) >= 11 is 1.57. The summed E-state index contributed by atoms with van der Waals surface area (Å²) in [6.45, 7) is 4.85. The van der Waals surface area contributed by atoms with Crippen molar-refractivity contribution in [1.82, 2.24) is 13.9 Å². The van der Waals surface area contributed by atoms with E-state index >= 15 is 0 Å². The van der Waals surface area contributed by atoms with Crippen molar-refractivity contribution in [3.8, 4) is 5.69 Å². The third kappa shape index (κ3) is 3.76. The van der Waals surface area contributed by atoms with Crippen LogP contribution in [0.3, 0.4) is 0 Å². The van der Waals surface area contributed by atoms with Crippen LogP contribution in [0.2, 0.25) is 0 Å². The maximum absolute atomic E-state index is 13.2. The van der Waals surface area contributed by atoms with Crippen LogP contribution in [0, 0.1) is 13.8 Å². The fraction of sp³-hybridized carbons (Fsp3) is 0.217. The van der Waals surface area contributed by atoms with E-state index in [1.165, 1.54) is 5.56 Å². The van der Waals surface area contributed by atoms with Crippen LogP contribution in [0.1, 0.15) is 17.0 Å². The molecule has 0 saturated carbocycles. The molecule has 0 fully saturated rings. The molecule has 0 saturated heterocycles. The van der Waals surface area contributed by atoms with E-state index < -0.39 is 0 Å². The van der Waals surface area contributed by atoms with Gasteiger partial charge in [0.05, 0.1) is 11.4 Å². The standard InChI is InChI=1S/C23H24N4OS/c1-17-16-29-23(26(17)15-14-19-10-6-4-7-11-19)24-21-18(2)25(3)27(22(21)28)20-12-8-5-9-13-20/h4-13,16H,14-15H2,1-3H3. The normalized spacial score (nSPS) is 11.9. The summed E-state index contributed by atoms with van der Waals surface area (Å²) in [4.78, 5) is 18.8. The third-order valence-electron chi connectivity index (χ3n) is 5.19. The van der Waals surface area contributed by atoms with Gasteiger partial charge in [0.2, 0.25) is 0 Å². The Labute approximate surface area is 173 Å². The molecule has 0 radical (unpaired) electrons. The minimum atomic E-state index is -0.100. The summed E-state index contributed by atoms with van der Waals surface area (Å²) in [5, 5.41) is 2.10. The van der Waals surface area contributed by atoms with E-state index in [2.05, 4.69) is 41.1 Å². The maximum Gasteiger partial charge on any atom is 0.297 e. The Kier molecular flexibility index (Phi) is 5.36. The zero-order chi connectivity index (χ0) is 20.4. The highest BCUT2D eigenvalue weighted by Gasteiger charge is 2.16. The molecular formula is C23H24N4OS. The van der Waals surface area contributed by atoms with Gasteiger partial charge in [0.15, 0.2) is 10.5 Å². The Bertz CT molecular complexity index is 1240. The van der Waals surface area contributed by atoms with Crippen LogP contribution in [-0.2, 0) is 20.0 Å². The van der Waals surface area contributed by atoms with Gasteiger partial charge in [0.1, 0.15) is 0 Å². The second-order valence-electron chi connectivity index (χ2n) is 7.07. The number of thiazole rings is 1. The molecule has 2 aromatic carbocycles. The third-order valence-corrected chi connectivity index (χ3v) is 6.17. The number of aryl methyl sites for hydroxylation is 2. The molecule has 4 rings (SSSR count). The molecule has 0 N–H and O–H groups in total. The van der Waals surface area contributed by atoms with Crippen molar-refractivity contribution in [1.29, 1.82) is 0 Å². The minimum absolute atomic E-state index is 0.100. The van der Waals surface area contributed by atoms with E-state index in [0.29, 0.717) is 5.69 Å². The summed E-state index contributed by atoms with van der Waals surface area (Å²) in [5.74, 6) is 0. The number of hydrogen-bond donors (Lipinski definition) is 0. The first-order valence-corrected chi connectivity index (χ1v) is 10.5. The first-order valence-electron chi connectivity index (χ1n) is 9.64. The largest absolute Gasteiger partial charge is 0.321 e. The molecule has 0 aliphatic rings. The van der Waals surface area contributed by atoms with E-state index in [0.717, 1.165) is 34.8 Å². The van der Waals surface area contributed by atoms with Gasteiger partial charge in [-0.1, -0.05) is 48.5 Å². The fourth-order valence-corrected chi connectivity index (χ4v) is 4.35. The summed E-state index contributed by atoms with van der Waals surface area (Å²) in [5.41, 5.74) is 4.52. The SMILES string of the molecule is Cc1csc(=Nc2c(C)n(C)n(-c3ccccc3)c2=O)n1CCc1ccccc1. The van der Waals surface area contributed by atoms with Crippen LogP contribution in [0.4, 0.5) is 5.69 Å². The van der Waals surface area contributed by atoms with Crippen molar-refractivity contribution in [3.05, 3.63) is 98.2 Å². The van der Waals surface area contributed by atoms with Gasteiger partial charge in [-0.05, 0) is 38.0 Å². The van der Waals surface area contributed by atoms with Crippen LogP contribution in [0.15, 0.2) is 75.8 Å². The summed E-state index contributed by atoms with van der Waals surface area (Å²) < 4.78 is 5.73.